The second-order valence-electron chi connectivity index (χ2n) is 10.4. The first kappa shape index (κ1) is 28.6. The maximum atomic E-state index is 12.4. The van der Waals surface area contributed by atoms with Gasteiger partial charge >= 0.3 is 6.03 Å². The molecule has 0 saturated heterocycles. The number of likely N-dealkylation sites (N-methyl/N-ethyl adjacent to an activating group) is 1. The van der Waals surface area contributed by atoms with E-state index < -0.39 is 8.07 Å². The number of anilines is 1. The highest BCUT2D eigenvalue weighted by molar-refractivity contribution is 6.76. The molecule has 0 aliphatic heterocycles. The monoisotopic (exact) mass is 527 g/mol. The first-order valence-electron chi connectivity index (χ1n) is 12.7. The van der Waals surface area contributed by atoms with E-state index in [1.807, 2.05) is 61.3 Å². The van der Waals surface area contributed by atoms with E-state index in [1.54, 1.807) is 7.11 Å². The zero-order valence-corrected chi connectivity index (χ0v) is 24.0. The van der Waals surface area contributed by atoms with Crippen LogP contribution in [0.1, 0.15) is 0 Å². The Bertz CT molecular complexity index is 1160. The number of pyridine rings is 1. The van der Waals surface area contributed by atoms with Gasteiger partial charge in [0.1, 0.15) is 23.9 Å². The summed E-state index contributed by atoms with van der Waals surface area (Å²) in [6.45, 7) is 10.4. The van der Waals surface area contributed by atoms with Gasteiger partial charge in [-0.05, 0) is 38.3 Å². The molecule has 0 aliphatic rings. The van der Waals surface area contributed by atoms with Crippen LogP contribution in [0.15, 0.2) is 42.6 Å². The number of hydrogen-bond donors (Lipinski definition) is 2. The minimum atomic E-state index is -1.19. The second-order valence-corrected chi connectivity index (χ2v) is 16.0. The van der Waals surface area contributed by atoms with E-state index in [-0.39, 0.29) is 6.03 Å². The summed E-state index contributed by atoms with van der Waals surface area (Å²) < 4.78 is 19.2. The number of carbonyl (C=O) groups is 1. The standard InChI is InChI=1S/C27H41N5O4Si/c1-31(2)14-16-35-15-13-28-27(33)30-25-12-11-22-23(21-9-7-8-10-24(21)34-3)19-32(26(22)29-25)20-36-17-18-37(4,5)6/h7-12,19H,13-18,20H2,1-6H3,(H2,28,29,30,33). The fourth-order valence-electron chi connectivity index (χ4n) is 3.70. The van der Waals surface area contributed by atoms with Crippen LogP contribution in [0.3, 0.4) is 0 Å². The Morgan fingerprint density at radius 2 is 1.81 bits per heavy atom. The Labute approximate surface area is 221 Å². The van der Waals surface area contributed by atoms with Crippen LogP contribution in [-0.4, -0.2) is 82.7 Å². The highest BCUT2D eigenvalue weighted by atomic mass is 28.3. The number of fused-ring (bicyclic) bond motifs is 1. The number of amides is 2. The zero-order chi connectivity index (χ0) is 26.8. The van der Waals surface area contributed by atoms with Crippen molar-refractivity contribution in [3.63, 3.8) is 0 Å². The van der Waals surface area contributed by atoms with Gasteiger partial charge in [0.05, 0.1) is 20.3 Å². The van der Waals surface area contributed by atoms with E-state index >= 15 is 0 Å². The van der Waals surface area contributed by atoms with E-state index in [0.29, 0.717) is 38.9 Å². The van der Waals surface area contributed by atoms with Crippen molar-refractivity contribution in [3.05, 3.63) is 42.6 Å². The van der Waals surface area contributed by atoms with Gasteiger partial charge in [-0.3, -0.25) is 5.32 Å². The van der Waals surface area contributed by atoms with Crippen LogP contribution in [0.5, 0.6) is 5.75 Å². The molecule has 0 radical (unpaired) electrons. The third-order valence-corrected chi connectivity index (χ3v) is 7.51. The molecule has 3 aromatic rings. The fourth-order valence-corrected chi connectivity index (χ4v) is 4.46. The number of ether oxygens (including phenoxy) is 3. The summed E-state index contributed by atoms with van der Waals surface area (Å²) in [5.41, 5.74) is 2.71. The SMILES string of the molecule is COc1ccccc1-c1cn(COCC[Si](C)(C)C)c2nc(NC(=O)NCCOCCN(C)C)ccc12. The Kier molecular flexibility index (Phi) is 10.5. The first-order valence-corrected chi connectivity index (χ1v) is 16.4. The van der Waals surface area contributed by atoms with Gasteiger partial charge in [0.2, 0.25) is 0 Å². The summed E-state index contributed by atoms with van der Waals surface area (Å²) in [7, 11) is 4.47. The summed E-state index contributed by atoms with van der Waals surface area (Å²) in [5.74, 6) is 1.25. The normalized spacial score (nSPS) is 11.8. The number of rotatable bonds is 14. The number of hydrogen-bond acceptors (Lipinski definition) is 6. The Morgan fingerprint density at radius 1 is 1.03 bits per heavy atom. The van der Waals surface area contributed by atoms with Crippen LogP contribution in [0.4, 0.5) is 10.6 Å². The number of carbonyl (C=O) groups excluding carboxylic acids is 1. The average molecular weight is 528 g/mol. The summed E-state index contributed by atoms with van der Waals surface area (Å²) in [6, 6.07) is 12.5. The van der Waals surface area contributed by atoms with Gasteiger partial charge in [-0.2, -0.15) is 0 Å². The molecule has 0 saturated carbocycles. The van der Waals surface area contributed by atoms with Crippen molar-refractivity contribution in [1.82, 2.24) is 19.8 Å². The van der Waals surface area contributed by atoms with E-state index in [1.165, 1.54) is 0 Å². The summed E-state index contributed by atoms with van der Waals surface area (Å²) in [4.78, 5) is 19.2. The third kappa shape index (κ3) is 8.85. The minimum Gasteiger partial charge on any atom is -0.496 e. The lowest BCUT2D eigenvalue weighted by molar-refractivity contribution is 0.0899. The fraction of sp³-hybridized carbons (Fsp3) is 0.481. The molecule has 0 atom stereocenters. The number of nitrogens with one attached hydrogen (secondary N) is 2. The van der Waals surface area contributed by atoms with Crippen LogP contribution >= 0.6 is 0 Å². The van der Waals surface area contributed by atoms with E-state index in [4.69, 9.17) is 19.2 Å². The molecule has 0 fully saturated rings. The molecule has 0 unspecified atom stereocenters. The molecule has 1 aromatic carbocycles. The number of methoxy groups -OCH3 is 1. The van der Waals surface area contributed by atoms with Crippen LogP contribution in [0, 0.1) is 0 Å². The molecule has 0 bridgehead atoms. The molecule has 2 amide bonds. The van der Waals surface area contributed by atoms with Gasteiger partial charge in [0, 0.05) is 50.5 Å². The quantitative estimate of drug-likeness (QED) is 0.233. The number of para-hydroxylation sites is 1. The highest BCUT2D eigenvalue weighted by Crippen LogP contribution is 2.36. The predicted molar refractivity (Wildman–Crippen MR) is 152 cm³/mol. The largest absolute Gasteiger partial charge is 0.496 e. The molecule has 2 N–H and O–H groups in total. The Morgan fingerprint density at radius 3 is 2.54 bits per heavy atom. The van der Waals surface area contributed by atoms with Gasteiger partial charge in [0.25, 0.3) is 0 Å². The third-order valence-electron chi connectivity index (χ3n) is 5.80. The lowest BCUT2D eigenvalue weighted by Gasteiger charge is -2.15. The Hall–Kier alpha value is -2.92. The lowest BCUT2D eigenvalue weighted by atomic mass is 10.0. The van der Waals surface area contributed by atoms with Crippen LogP contribution in [0.25, 0.3) is 22.2 Å². The van der Waals surface area contributed by atoms with Crippen LogP contribution in [-0.2, 0) is 16.2 Å². The molecule has 37 heavy (non-hydrogen) atoms. The molecule has 2 aromatic heterocycles. The van der Waals surface area contributed by atoms with Crippen molar-refractivity contribution in [3.8, 4) is 16.9 Å². The summed E-state index contributed by atoms with van der Waals surface area (Å²) >= 11 is 0. The van der Waals surface area contributed by atoms with E-state index in [9.17, 15) is 4.79 Å². The molecule has 202 valence electrons. The topological polar surface area (TPSA) is 89.9 Å². The smallest absolute Gasteiger partial charge is 0.320 e. The molecule has 0 spiro atoms. The Balaban J connectivity index is 1.75. The minimum absolute atomic E-state index is 0.322. The van der Waals surface area contributed by atoms with Gasteiger partial charge in [-0.1, -0.05) is 37.8 Å². The first-order chi connectivity index (χ1) is 17.7. The second kappa shape index (κ2) is 13.6. The van der Waals surface area contributed by atoms with Crippen molar-refractivity contribution in [2.45, 2.75) is 32.4 Å². The number of urea groups is 1. The average Bonchev–Trinajstić information content (AvgIpc) is 3.20. The van der Waals surface area contributed by atoms with Crippen LogP contribution in [0.2, 0.25) is 25.7 Å². The molecule has 3 rings (SSSR count). The summed E-state index contributed by atoms with van der Waals surface area (Å²) in [6.07, 6.45) is 2.04. The molecular weight excluding hydrogens is 486 g/mol. The summed E-state index contributed by atoms with van der Waals surface area (Å²) in [5, 5.41) is 6.60. The maximum absolute atomic E-state index is 12.4. The van der Waals surface area contributed by atoms with Crippen molar-refractivity contribution < 1.29 is 19.0 Å². The van der Waals surface area contributed by atoms with Gasteiger partial charge < -0.3 is 29.0 Å². The number of benzene rings is 1. The van der Waals surface area contributed by atoms with Crippen LogP contribution < -0.4 is 15.4 Å². The molecule has 9 nitrogen and oxygen atoms in total. The van der Waals surface area contributed by atoms with Crippen molar-refractivity contribution >= 4 is 31.0 Å². The van der Waals surface area contributed by atoms with Crippen molar-refractivity contribution in [2.75, 3.05) is 59.4 Å². The predicted octanol–water partition coefficient (Wildman–Crippen LogP) is 4.72. The van der Waals surface area contributed by atoms with E-state index in [0.717, 1.165) is 40.5 Å². The maximum Gasteiger partial charge on any atom is 0.320 e. The van der Waals surface area contributed by atoms with Gasteiger partial charge in [-0.15, -0.1) is 0 Å². The molecule has 2 heterocycles. The molecular formula is C27H41N5O4Si. The van der Waals surface area contributed by atoms with Gasteiger partial charge in [-0.25, -0.2) is 9.78 Å². The molecule has 0 aliphatic carbocycles. The van der Waals surface area contributed by atoms with Gasteiger partial charge in [0.15, 0.2) is 0 Å². The van der Waals surface area contributed by atoms with E-state index in [2.05, 4.69) is 35.2 Å². The number of nitrogens with zero attached hydrogens (tertiary/aromatic N) is 3. The zero-order valence-electron chi connectivity index (χ0n) is 23.0. The lowest BCUT2D eigenvalue weighted by Crippen LogP contribution is -2.32. The van der Waals surface area contributed by atoms with Crippen molar-refractivity contribution in [2.24, 2.45) is 0 Å². The molecule has 10 heteroatoms. The number of aromatic nitrogens is 2. The highest BCUT2D eigenvalue weighted by Gasteiger charge is 2.17. The van der Waals surface area contributed by atoms with Crippen molar-refractivity contribution in [1.29, 1.82) is 0 Å².